The zero-order valence-corrected chi connectivity index (χ0v) is 15.5. The Balaban J connectivity index is 2.03. The number of nitrogens with one attached hydrogen (secondary N) is 1. The van der Waals surface area contributed by atoms with Crippen LogP contribution in [0.2, 0.25) is 0 Å². The van der Waals surface area contributed by atoms with Gasteiger partial charge in [-0.15, -0.1) is 11.3 Å². The summed E-state index contributed by atoms with van der Waals surface area (Å²) in [6.45, 7) is 10.3. The molecule has 1 aromatic rings. The summed E-state index contributed by atoms with van der Waals surface area (Å²) in [7, 11) is 0. The van der Waals surface area contributed by atoms with Crippen molar-refractivity contribution in [3.8, 4) is 0 Å². The largest absolute Gasteiger partial charge is 0.380 e. The first-order valence-electron chi connectivity index (χ1n) is 8.60. The van der Waals surface area contributed by atoms with Crippen LogP contribution in [0.15, 0.2) is 17.5 Å². The molecule has 5 heteroatoms. The third-order valence-corrected chi connectivity index (χ3v) is 6.14. The number of nitrogens with zero attached hydrogens (tertiary/aromatic N) is 1. The molecule has 4 nitrogen and oxygen atoms in total. The molecule has 2 N–H and O–H groups in total. The van der Waals surface area contributed by atoms with E-state index in [4.69, 9.17) is 0 Å². The SMILES string of the molecule is CC1CCN([C@H](CNC(=O)[C@@](C)(O)C(C)C)c2cccs2)CC1. The topological polar surface area (TPSA) is 52.6 Å². The maximum absolute atomic E-state index is 12.3. The number of hydrogen-bond donors (Lipinski definition) is 2. The van der Waals surface area contributed by atoms with Crippen LogP contribution in [-0.4, -0.2) is 41.1 Å². The summed E-state index contributed by atoms with van der Waals surface area (Å²) in [6.07, 6.45) is 2.42. The number of hydrogen-bond acceptors (Lipinski definition) is 4. The van der Waals surface area contributed by atoms with Crippen LogP contribution in [0.25, 0.3) is 0 Å². The first-order chi connectivity index (χ1) is 10.8. The summed E-state index contributed by atoms with van der Waals surface area (Å²) in [5, 5.41) is 15.4. The van der Waals surface area contributed by atoms with Gasteiger partial charge in [-0.1, -0.05) is 26.8 Å². The van der Waals surface area contributed by atoms with Crippen molar-refractivity contribution in [2.45, 2.75) is 52.2 Å². The van der Waals surface area contributed by atoms with Gasteiger partial charge in [-0.3, -0.25) is 9.69 Å². The molecule has 130 valence electrons. The van der Waals surface area contributed by atoms with Crippen LogP contribution in [0.4, 0.5) is 0 Å². The fraction of sp³-hybridized carbons (Fsp3) is 0.722. The lowest BCUT2D eigenvalue weighted by molar-refractivity contribution is -0.142. The number of carbonyl (C=O) groups excluding carboxylic acids is 1. The molecule has 2 heterocycles. The maximum Gasteiger partial charge on any atom is 0.252 e. The maximum atomic E-state index is 12.3. The molecule has 1 fully saturated rings. The Morgan fingerprint density at radius 3 is 2.65 bits per heavy atom. The van der Waals surface area contributed by atoms with Crippen LogP contribution < -0.4 is 5.32 Å². The van der Waals surface area contributed by atoms with E-state index in [0.717, 1.165) is 19.0 Å². The molecule has 0 bridgehead atoms. The molecular weight excluding hydrogens is 308 g/mol. The number of amides is 1. The first-order valence-corrected chi connectivity index (χ1v) is 9.48. The second-order valence-corrected chi connectivity index (χ2v) is 8.24. The summed E-state index contributed by atoms with van der Waals surface area (Å²) in [5.74, 6) is 0.393. The summed E-state index contributed by atoms with van der Waals surface area (Å²) in [6, 6.07) is 4.40. The minimum atomic E-state index is -1.32. The molecule has 1 aromatic heterocycles. The van der Waals surface area contributed by atoms with Crippen LogP contribution in [-0.2, 0) is 4.79 Å². The third kappa shape index (κ3) is 4.55. The van der Waals surface area contributed by atoms with Crippen molar-refractivity contribution >= 4 is 17.2 Å². The molecular formula is C18H30N2O2S. The minimum absolute atomic E-state index is 0.112. The van der Waals surface area contributed by atoms with Crippen molar-refractivity contribution in [3.05, 3.63) is 22.4 Å². The summed E-state index contributed by atoms with van der Waals surface area (Å²) < 4.78 is 0. The fourth-order valence-electron chi connectivity index (χ4n) is 2.86. The second kappa shape index (κ2) is 7.77. The lowest BCUT2D eigenvalue weighted by Gasteiger charge is -2.37. The molecule has 2 atom stereocenters. The van der Waals surface area contributed by atoms with Gasteiger partial charge in [0.2, 0.25) is 0 Å². The Hall–Kier alpha value is -0.910. The van der Waals surface area contributed by atoms with E-state index in [1.165, 1.54) is 17.7 Å². The Morgan fingerprint density at radius 1 is 1.48 bits per heavy atom. The second-order valence-electron chi connectivity index (χ2n) is 7.26. The average molecular weight is 339 g/mol. The van der Waals surface area contributed by atoms with Gasteiger partial charge in [0.05, 0.1) is 6.04 Å². The number of rotatable bonds is 6. The molecule has 0 spiro atoms. The number of likely N-dealkylation sites (tertiary alicyclic amines) is 1. The predicted octanol–water partition coefficient (Wildman–Crippen LogP) is 3.04. The quantitative estimate of drug-likeness (QED) is 0.838. The van der Waals surface area contributed by atoms with Crippen molar-refractivity contribution < 1.29 is 9.90 Å². The molecule has 1 amide bonds. The molecule has 1 aliphatic rings. The molecule has 0 aliphatic carbocycles. The summed E-state index contributed by atoms with van der Waals surface area (Å²) in [4.78, 5) is 16.1. The zero-order chi connectivity index (χ0) is 17.0. The first kappa shape index (κ1) is 18.4. The highest BCUT2D eigenvalue weighted by molar-refractivity contribution is 7.10. The van der Waals surface area contributed by atoms with Crippen LogP contribution >= 0.6 is 11.3 Å². The third-order valence-electron chi connectivity index (χ3n) is 5.17. The zero-order valence-electron chi connectivity index (χ0n) is 14.7. The van der Waals surface area contributed by atoms with Crippen molar-refractivity contribution in [2.24, 2.45) is 11.8 Å². The standard InChI is InChI=1S/C18H30N2O2S/c1-13(2)18(4,22)17(21)19-12-15(16-6-5-11-23-16)20-9-7-14(3)8-10-20/h5-6,11,13-15,22H,7-10,12H2,1-4H3,(H,19,21)/t15-,18+/m1/s1. The molecule has 0 aromatic carbocycles. The van der Waals surface area contributed by atoms with Gasteiger partial charge >= 0.3 is 0 Å². The van der Waals surface area contributed by atoms with Crippen molar-refractivity contribution in [3.63, 3.8) is 0 Å². The van der Waals surface area contributed by atoms with E-state index in [1.54, 1.807) is 18.3 Å². The summed E-state index contributed by atoms with van der Waals surface area (Å²) in [5.41, 5.74) is -1.32. The highest BCUT2D eigenvalue weighted by Crippen LogP contribution is 2.29. The van der Waals surface area contributed by atoms with Gasteiger partial charge in [-0.05, 0) is 56.1 Å². The highest BCUT2D eigenvalue weighted by atomic mass is 32.1. The van der Waals surface area contributed by atoms with Crippen molar-refractivity contribution in [1.29, 1.82) is 0 Å². The Kier molecular flexibility index (Phi) is 6.23. The number of piperidine rings is 1. The van der Waals surface area contributed by atoms with Crippen LogP contribution in [0.3, 0.4) is 0 Å². The normalized spacial score (nSPS) is 21.1. The molecule has 0 saturated carbocycles. The van der Waals surface area contributed by atoms with E-state index in [9.17, 15) is 9.90 Å². The van der Waals surface area contributed by atoms with Crippen LogP contribution in [0.5, 0.6) is 0 Å². The average Bonchev–Trinajstić information content (AvgIpc) is 3.03. The predicted molar refractivity (Wildman–Crippen MR) is 95.5 cm³/mol. The fourth-order valence-corrected chi connectivity index (χ4v) is 3.72. The lowest BCUT2D eigenvalue weighted by atomic mass is 9.91. The number of thiophene rings is 1. The van der Waals surface area contributed by atoms with Crippen LogP contribution in [0.1, 0.15) is 51.5 Å². The van der Waals surface area contributed by atoms with E-state index in [1.807, 2.05) is 13.8 Å². The molecule has 1 saturated heterocycles. The molecule has 2 rings (SSSR count). The highest BCUT2D eigenvalue weighted by Gasteiger charge is 2.34. The molecule has 0 unspecified atom stereocenters. The van der Waals surface area contributed by atoms with E-state index >= 15 is 0 Å². The Morgan fingerprint density at radius 2 is 2.13 bits per heavy atom. The number of carbonyl (C=O) groups is 1. The molecule has 23 heavy (non-hydrogen) atoms. The van der Waals surface area contributed by atoms with E-state index in [-0.39, 0.29) is 17.9 Å². The Bertz CT molecular complexity index is 491. The van der Waals surface area contributed by atoms with Gasteiger partial charge in [-0.2, -0.15) is 0 Å². The summed E-state index contributed by atoms with van der Waals surface area (Å²) >= 11 is 1.74. The molecule has 1 aliphatic heterocycles. The monoisotopic (exact) mass is 338 g/mol. The van der Waals surface area contributed by atoms with Crippen LogP contribution in [0, 0.1) is 11.8 Å². The van der Waals surface area contributed by atoms with E-state index in [2.05, 4.69) is 34.7 Å². The van der Waals surface area contributed by atoms with E-state index < -0.39 is 5.60 Å². The van der Waals surface area contributed by atoms with Gasteiger partial charge in [0.15, 0.2) is 0 Å². The minimum Gasteiger partial charge on any atom is -0.380 e. The van der Waals surface area contributed by atoms with Gasteiger partial charge < -0.3 is 10.4 Å². The van der Waals surface area contributed by atoms with E-state index in [0.29, 0.717) is 6.54 Å². The Labute approximate surface area is 143 Å². The smallest absolute Gasteiger partial charge is 0.252 e. The van der Waals surface area contributed by atoms with Crippen molar-refractivity contribution in [1.82, 2.24) is 10.2 Å². The van der Waals surface area contributed by atoms with Gasteiger partial charge in [0.25, 0.3) is 5.91 Å². The van der Waals surface area contributed by atoms with Gasteiger partial charge in [0.1, 0.15) is 5.60 Å². The van der Waals surface area contributed by atoms with Gasteiger partial charge in [0, 0.05) is 11.4 Å². The lowest BCUT2D eigenvalue weighted by Crippen LogP contribution is -2.50. The number of aliphatic hydroxyl groups is 1. The van der Waals surface area contributed by atoms with Crippen molar-refractivity contribution in [2.75, 3.05) is 19.6 Å². The molecule has 0 radical (unpaired) electrons. The van der Waals surface area contributed by atoms with Gasteiger partial charge in [-0.25, -0.2) is 0 Å².